The molecule has 2 unspecified atom stereocenters. The molecule has 0 spiro atoms. The standard InChI is InChI=1S/C32H35N3O6/c1-6-35(30(39)26(34-31(40)41-32(3,4)5)19-22-15-17-24(36)18-16-22)27(25-14-10-11-21(2)28(25)37)29(38)33-20-23-12-8-7-9-13-23/h1,7-18,26-27,36-37H,19-20H2,2-5H3,(H,33,38)(H,34,40). The Balaban J connectivity index is 2.00. The third kappa shape index (κ3) is 8.51. The van der Waals surface area contributed by atoms with E-state index in [0.29, 0.717) is 11.1 Å². The van der Waals surface area contributed by atoms with Crippen molar-refractivity contribution in [2.24, 2.45) is 0 Å². The second kappa shape index (κ2) is 13.4. The molecule has 0 saturated heterocycles. The van der Waals surface area contributed by atoms with Gasteiger partial charge in [0.15, 0.2) is 6.04 Å². The normalized spacial score (nSPS) is 12.4. The van der Waals surface area contributed by atoms with Gasteiger partial charge in [0.25, 0.3) is 5.91 Å². The number of rotatable bonds is 9. The zero-order chi connectivity index (χ0) is 30.2. The number of benzene rings is 3. The van der Waals surface area contributed by atoms with E-state index < -0.39 is 35.6 Å². The molecule has 0 fully saturated rings. The monoisotopic (exact) mass is 557 g/mol. The highest BCUT2D eigenvalue weighted by atomic mass is 16.6. The number of alkyl carbamates (subject to hydrolysis) is 1. The molecule has 0 aliphatic carbocycles. The lowest BCUT2D eigenvalue weighted by Crippen LogP contribution is -2.52. The summed E-state index contributed by atoms with van der Waals surface area (Å²) < 4.78 is 5.37. The van der Waals surface area contributed by atoms with Crippen LogP contribution in [0.1, 0.15) is 49.1 Å². The summed E-state index contributed by atoms with van der Waals surface area (Å²) in [5.41, 5.74) is 1.21. The summed E-state index contributed by atoms with van der Waals surface area (Å²) in [7, 11) is 0. The third-order valence-electron chi connectivity index (χ3n) is 6.12. The Kier molecular flexibility index (Phi) is 9.99. The van der Waals surface area contributed by atoms with Gasteiger partial charge in [0.2, 0.25) is 5.91 Å². The highest BCUT2D eigenvalue weighted by Gasteiger charge is 2.37. The molecule has 9 nitrogen and oxygen atoms in total. The van der Waals surface area contributed by atoms with Crippen molar-refractivity contribution < 1.29 is 29.3 Å². The maximum Gasteiger partial charge on any atom is 0.408 e. The lowest BCUT2D eigenvalue weighted by Gasteiger charge is -2.31. The maximum absolute atomic E-state index is 14.0. The zero-order valence-electron chi connectivity index (χ0n) is 23.5. The van der Waals surface area contributed by atoms with Crippen molar-refractivity contribution in [3.63, 3.8) is 0 Å². The minimum Gasteiger partial charge on any atom is -0.508 e. The second-order valence-electron chi connectivity index (χ2n) is 10.5. The number of phenols is 2. The van der Waals surface area contributed by atoms with Gasteiger partial charge in [-0.25, -0.2) is 4.79 Å². The average molecular weight is 558 g/mol. The fourth-order valence-corrected chi connectivity index (χ4v) is 4.13. The summed E-state index contributed by atoms with van der Waals surface area (Å²) in [5.74, 6) is -1.54. The van der Waals surface area contributed by atoms with Crippen molar-refractivity contribution in [2.75, 3.05) is 0 Å². The number of carbonyl (C=O) groups is 3. The van der Waals surface area contributed by atoms with Crippen LogP contribution in [0.15, 0.2) is 72.8 Å². The van der Waals surface area contributed by atoms with E-state index in [4.69, 9.17) is 11.2 Å². The Morgan fingerprint density at radius 3 is 2.22 bits per heavy atom. The van der Waals surface area contributed by atoms with Gasteiger partial charge < -0.3 is 25.6 Å². The Labute approximate surface area is 240 Å². The predicted octanol–water partition coefficient (Wildman–Crippen LogP) is 4.32. The van der Waals surface area contributed by atoms with E-state index in [9.17, 15) is 24.6 Å². The summed E-state index contributed by atoms with van der Waals surface area (Å²) in [5, 5.41) is 26.0. The van der Waals surface area contributed by atoms with Gasteiger partial charge in [0.05, 0.1) is 0 Å². The van der Waals surface area contributed by atoms with E-state index in [2.05, 4.69) is 16.7 Å². The van der Waals surface area contributed by atoms with E-state index in [1.165, 1.54) is 18.2 Å². The smallest absolute Gasteiger partial charge is 0.408 e. The van der Waals surface area contributed by atoms with Gasteiger partial charge in [-0.05, 0) is 56.5 Å². The summed E-state index contributed by atoms with van der Waals surface area (Å²) in [4.78, 5) is 41.3. The van der Waals surface area contributed by atoms with Crippen LogP contribution in [0.3, 0.4) is 0 Å². The number of para-hydroxylation sites is 1. The van der Waals surface area contributed by atoms with Crippen LogP contribution in [0.5, 0.6) is 11.5 Å². The summed E-state index contributed by atoms with van der Waals surface area (Å²) in [6, 6.07) is 19.8. The van der Waals surface area contributed by atoms with Crippen LogP contribution < -0.4 is 10.6 Å². The number of aryl methyl sites for hydroxylation is 1. The van der Waals surface area contributed by atoms with Crippen molar-refractivity contribution in [2.45, 2.75) is 58.3 Å². The van der Waals surface area contributed by atoms with Crippen LogP contribution in [0.2, 0.25) is 0 Å². The highest BCUT2D eigenvalue weighted by molar-refractivity contribution is 5.94. The molecule has 3 aromatic carbocycles. The van der Waals surface area contributed by atoms with Crippen LogP contribution in [0, 0.1) is 19.4 Å². The van der Waals surface area contributed by atoms with E-state index in [1.807, 2.05) is 30.3 Å². The minimum atomic E-state index is -1.42. The number of nitrogens with zero attached hydrogens (tertiary/aromatic N) is 1. The van der Waals surface area contributed by atoms with Crippen LogP contribution in [0.25, 0.3) is 0 Å². The number of nitrogens with one attached hydrogen (secondary N) is 2. The van der Waals surface area contributed by atoms with Crippen molar-refractivity contribution >= 4 is 17.9 Å². The van der Waals surface area contributed by atoms with E-state index in [-0.39, 0.29) is 30.0 Å². The van der Waals surface area contributed by atoms with E-state index in [0.717, 1.165) is 10.5 Å². The average Bonchev–Trinajstić information content (AvgIpc) is 2.92. The van der Waals surface area contributed by atoms with Gasteiger partial charge in [-0.2, -0.15) is 0 Å². The van der Waals surface area contributed by atoms with E-state index in [1.54, 1.807) is 52.0 Å². The maximum atomic E-state index is 14.0. The Hall–Kier alpha value is -4.97. The summed E-state index contributed by atoms with van der Waals surface area (Å²) in [6.45, 7) is 6.88. The number of phenolic OH excluding ortho intramolecular Hbond substituents is 2. The molecule has 3 rings (SSSR count). The molecule has 0 aliphatic heterocycles. The third-order valence-corrected chi connectivity index (χ3v) is 6.12. The molecule has 2 atom stereocenters. The quantitative estimate of drug-likeness (QED) is 0.229. The molecule has 214 valence electrons. The fraction of sp³-hybridized carbons (Fsp3) is 0.281. The lowest BCUT2D eigenvalue weighted by molar-refractivity contribution is -0.138. The van der Waals surface area contributed by atoms with Gasteiger partial charge in [-0.1, -0.05) is 67.1 Å². The van der Waals surface area contributed by atoms with Crippen LogP contribution in [-0.2, 0) is 27.3 Å². The molecular formula is C32H35N3O6. The SMILES string of the molecule is C#CN(C(=O)C(Cc1ccc(O)cc1)NC(=O)OC(C)(C)C)C(C(=O)NCc1ccccc1)c1cccc(C)c1O. The molecular weight excluding hydrogens is 522 g/mol. The highest BCUT2D eigenvalue weighted by Crippen LogP contribution is 2.32. The van der Waals surface area contributed by atoms with Crippen molar-refractivity contribution in [1.29, 1.82) is 0 Å². The van der Waals surface area contributed by atoms with Gasteiger partial charge in [-0.15, -0.1) is 0 Å². The topological polar surface area (TPSA) is 128 Å². The molecule has 0 aliphatic rings. The molecule has 3 amide bonds. The largest absolute Gasteiger partial charge is 0.508 e. The van der Waals surface area contributed by atoms with Crippen LogP contribution >= 0.6 is 0 Å². The first-order valence-electron chi connectivity index (χ1n) is 13.1. The van der Waals surface area contributed by atoms with Crippen LogP contribution in [-0.4, -0.2) is 44.7 Å². The van der Waals surface area contributed by atoms with Gasteiger partial charge in [0, 0.05) is 24.6 Å². The van der Waals surface area contributed by atoms with E-state index >= 15 is 0 Å². The van der Waals surface area contributed by atoms with Crippen LogP contribution in [0.4, 0.5) is 4.79 Å². The summed E-state index contributed by atoms with van der Waals surface area (Å²) >= 11 is 0. The minimum absolute atomic E-state index is 0.0192. The molecule has 0 bridgehead atoms. The molecule has 9 heteroatoms. The Morgan fingerprint density at radius 1 is 0.951 bits per heavy atom. The number of hydrogen-bond acceptors (Lipinski definition) is 6. The number of amides is 3. The first kappa shape index (κ1) is 30.6. The second-order valence-corrected chi connectivity index (χ2v) is 10.5. The van der Waals surface area contributed by atoms with Gasteiger partial charge in [-0.3, -0.25) is 14.5 Å². The summed E-state index contributed by atoms with van der Waals surface area (Å²) in [6.07, 6.45) is 4.97. The number of terminal acetylenes is 1. The van der Waals surface area contributed by atoms with Crippen molar-refractivity contribution in [1.82, 2.24) is 15.5 Å². The van der Waals surface area contributed by atoms with Crippen molar-refractivity contribution in [3.05, 3.63) is 95.1 Å². The zero-order valence-corrected chi connectivity index (χ0v) is 23.5. The molecule has 41 heavy (non-hydrogen) atoms. The molecule has 0 aromatic heterocycles. The Bertz CT molecular complexity index is 1410. The number of carbonyl (C=O) groups excluding carboxylic acids is 3. The van der Waals surface area contributed by atoms with Crippen molar-refractivity contribution in [3.8, 4) is 24.0 Å². The molecule has 0 radical (unpaired) electrons. The number of aromatic hydroxyl groups is 2. The molecule has 3 aromatic rings. The fourth-order valence-electron chi connectivity index (χ4n) is 4.13. The Morgan fingerprint density at radius 2 is 1.61 bits per heavy atom. The van der Waals surface area contributed by atoms with Gasteiger partial charge in [0.1, 0.15) is 23.1 Å². The number of ether oxygens (including phenoxy) is 1. The lowest BCUT2D eigenvalue weighted by atomic mass is 9.98. The first-order chi connectivity index (χ1) is 19.4. The van der Waals surface area contributed by atoms with Gasteiger partial charge >= 0.3 is 6.09 Å². The molecule has 0 saturated carbocycles. The number of hydrogen-bond donors (Lipinski definition) is 4. The molecule has 4 N–H and O–H groups in total. The first-order valence-corrected chi connectivity index (χ1v) is 13.1. The molecule has 0 heterocycles. The predicted molar refractivity (Wildman–Crippen MR) is 155 cm³/mol.